The van der Waals surface area contributed by atoms with Gasteiger partial charge in [0.15, 0.2) is 0 Å². The molecule has 16 N–H and O–H groups in total. The van der Waals surface area contributed by atoms with Crippen LogP contribution in [0.5, 0.6) is 5.75 Å². The highest BCUT2D eigenvalue weighted by Crippen LogP contribution is 2.20. The molecule has 68 heavy (non-hydrogen) atoms. The van der Waals surface area contributed by atoms with E-state index in [9.17, 15) is 88.2 Å². The Morgan fingerprint density at radius 2 is 0.912 bits per heavy atom. The third-order valence-corrected chi connectivity index (χ3v) is 9.77. The smallest absolute Gasteiger partial charge is 0.326 e. The van der Waals surface area contributed by atoms with Gasteiger partial charge >= 0.3 is 35.8 Å². The highest BCUT2D eigenvalue weighted by molar-refractivity contribution is 6.00. The van der Waals surface area contributed by atoms with E-state index in [-0.39, 0.29) is 18.6 Å². The summed E-state index contributed by atoms with van der Waals surface area (Å²) in [6.45, 7) is 0. The number of aromatic hydroxyl groups is 1. The van der Waals surface area contributed by atoms with Crippen molar-refractivity contribution in [3.8, 4) is 5.75 Å². The lowest BCUT2D eigenvalue weighted by Gasteiger charge is -2.27. The Hall–Kier alpha value is -8.62. The Bertz CT molecular complexity index is 2400. The number of aromatic nitrogens is 1. The number of hydrogen-bond acceptors (Lipinski definition) is 14. The summed E-state index contributed by atoms with van der Waals surface area (Å²) in [6.07, 6.45) is -5.49. The molecule has 1 aromatic heterocycles. The van der Waals surface area contributed by atoms with E-state index in [0.29, 0.717) is 22.0 Å². The van der Waals surface area contributed by atoms with E-state index in [1.807, 2.05) is 16.0 Å². The Balaban J connectivity index is 1.92. The monoisotopic (exact) mass is 956 g/mol. The average molecular weight is 957 g/mol. The number of H-pyrrole nitrogens is 1. The Morgan fingerprint density at radius 3 is 1.40 bits per heavy atom. The normalized spacial score (nSPS) is 14.0. The molecule has 0 aliphatic carbocycles. The molecule has 0 radical (unpaired) electrons. The van der Waals surface area contributed by atoms with Gasteiger partial charge in [0.1, 0.15) is 42.0 Å². The first-order valence-electron chi connectivity index (χ1n) is 20.2. The number of fused-ring (bicyclic) bond motifs is 1. The van der Waals surface area contributed by atoms with Crippen LogP contribution < -0.4 is 37.6 Å². The minimum absolute atomic E-state index is 0.119. The number of hydrogen-bond donors (Lipinski definition) is 15. The zero-order chi connectivity index (χ0) is 50.8. The van der Waals surface area contributed by atoms with E-state index in [1.165, 1.54) is 30.5 Å². The molecule has 0 saturated heterocycles. The lowest BCUT2D eigenvalue weighted by molar-refractivity contribution is -0.144. The number of carbonyl (C=O) groups excluding carboxylic acids is 6. The Kier molecular flexibility index (Phi) is 19.9. The average Bonchev–Trinajstić information content (AvgIpc) is 3.65. The molecule has 27 nitrogen and oxygen atoms in total. The van der Waals surface area contributed by atoms with Crippen LogP contribution in [-0.2, 0) is 70.4 Å². The third-order valence-electron chi connectivity index (χ3n) is 9.77. The first kappa shape index (κ1) is 53.7. The number of carboxylic acids is 6. The van der Waals surface area contributed by atoms with E-state index < -0.39 is 152 Å². The van der Waals surface area contributed by atoms with Crippen molar-refractivity contribution in [2.75, 3.05) is 0 Å². The second kappa shape index (κ2) is 25.2. The molecule has 0 unspecified atom stereocenters. The maximum Gasteiger partial charge on any atom is 0.326 e. The number of para-hydroxylation sites is 1. The third kappa shape index (κ3) is 17.4. The van der Waals surface area contributed by atoms with Crippen LogP contribution in [0.2, 0.25) is 0 Å². The van der Waals surface area contributed by atoms with Crippen molar-refractivity contribution >= 4 is 82.2 Å². The first-order chi connectivity index (χ1) is 31.9. The zero-order valence-electron chi connectivity index (χ0n) is 35.5. The molecule has 0 aliphatic rings. The van der Waals surface area contributed by atoms with Crippen molar-refractivity contribution < 1.29 is 93.3 Å². The van der Waals surface area contributed by atoms with Gasteiger partial charge < -0.3 is 78.4 Å². The zero-order valence-corrected chi connectivity index (χ0v) is 35.5. The molecule has 6 amide bonds. The fourth-order valence-corrected chi connectivity index (χ4v) is 6.41. The second-order valence-electron chi connectivity index (χ2n) is 15.1. The fourth-order valence-electron chi connectivity index (χ4n) is 6.41. The van der Waals surface area contributed by atoms with Gasteiger partial charge in [0.05, 0.1) is 31.7 Å². The number of amides is 6. The standard InChI is InChI=1S/C41H48N8O19/c42-22(13-31(53)54)35(61)45-26(14-32(55)56)39(65)48-27(15-33(57)58)38(64)44-24(9-10-30(51)52)36(62)47-28(16-34(59)60)40(66)46-25(12-19-17-43-23-4-2-1-3-21(19)23)37(63)49-29(41(67)68)11-18-5-7-20(50)8-6-18/h1-8,17,22,24-29,43,50H,9-16,42H2,(H,44,64)(H,45,61)(H,46,66)(H,47,62)(H,48,65)(H,49,63)(H,51,52)(H,53,54)(H,55,56)(H,57,58)(H,59,60)(H,67,68)/t22-,24-,25-,26-,27-,28-,29-/m0/s1. The Morgan fingerprint density at radius 1 is 0.485 bits per heavy atom. The molecule has 27 heteroatoms. The number of phenolic OH excluding ortho intramolecular Hbond substituents is 1. The highest BCUT2D eigenvalue weighted by atomic mass is 16.4. The van der Waals surface area contributed by atoms with Gasteiger partial charge in [-0.1, -0.05) is 30.3 Å². The molecule has 0 aliphatic heterocycles. The topological polar surface area (TPSA) is 460 Å². The SMILES string of the molecule is N[C@@H](CC(=O)O)C(=O)N[C@@H](CC(=O)O)C(=O)N[C@@H](CC(=O)O)C(=O)N[C@@H](CCC(=O)O)C(=O)N[C@@H](CC(=O)O)C(=O)N[C@@H](Cc1c[nH]c2ccccc12)C(=O)N[C@@H](Cc1ccc(O)cc1)C(=O)O. The molecular formula is C41H48N8O19. The van der Waals surface area contributed by atoms with Crippen molar-refractivity contribution in [1.82, 2.24) is 36.9 Å². The van der Waals surface area contributed by atoms with Crippen molar-refractivity contribution in [2.24, 2.45) is 5.73 Å². The molecule has 3 rings (SSSR count). The summed E-state index contributed by atoms with van der Waals surface area (Å²) in [5.74, 6) is -18.1. The maximum atomic E-state index is 13.9. The molecule has 2 aromatic carbocycles. The van der Waals surface area contributed by atoms with Crippen LogP contribution >= 0.6 is 0 Å². The highest BCUT2D eigenvalue weighted by Gasteiger charge is 2.36. The van der Waals surface area contributed by atoms with E-state index in [2.05, 4.69) is 20.9 Å². The number of nitrogens with one attached hydrogen (secondary N) is 7. The Labute approximate surface area is 382 Å². The van der Waals surface area contributed by atoms with Gasteiger partial charge in [-0.25, -0.2) is 4.79 Å². The van der Waals surface area contributed by atoms with E-state index in [4.69, 9.17) is 10.8 Å². The van der Waals surface area contributed by atoms with Crippen LogP contribution in [0.15, 0.2) is 54.7 Å². The molecule has 0 fully saturated rings. The van der Waals surface area contributed by atoms with Gasteiger partial charge in [0.2, 0.25) is 35.4 Å². The van der Waals surface area contributed by atoms with Gasteiger partial charge in [0, 0.05) is 36.4 Å². The van der Waals surface area contributed by atoms with Crippen molar-refractivity contribution in [2.45, 2.75) is 93.7 Å². The van der Waals surface area contributed by atoms with E-state index in [1.54, 1.807) is 24.3 Å². The molecule has 366 valence electrons. The number of carboxylic acid groups (broad SMARTS) is 6. The summed E-state index contributed by atoms with van der Waals surface area (Å²) in [6, 6.07) is -1.41. The van der Waals surface area contributed by atoms with Crippen molar-refractivity contribution in [3.05, 3.63) is 65.9 Å². The minimum Gasteiger partial charge on any atom is -0.508 e. The predicted molar refractivity (Wildman–Crippen MR) is 227 cm³/mol. The first-order valence-corrected chi connectivity index (χ1v) is 20.2. The number of aliphatic carboxylic acids is 6. The summed E-state index contributed by atoms with van der Waals surface area (Å²) in [5.41, 5.74) is 6.87. The molecule has 0 saturated carbocycles. The number of nitrogens with two attached hydrogens (primary N) is 1. The summed E-state index contributed by atoms with van der Waals surface area (Å²) in [4.78, 5) is 154. The lowest BCUT2D eigenvalue weighted by Crippen LogP contribution is -2.60. The minimum atomic E-state index is -2.20. The summed E-state index contributed by atoms with van der Waals surface area (Å²) < 4.78 is 0. The number of carbonyl (C=O) groups is 12. The summed E-state index contributed by atoms with van der Waals surface area (Å²) >= 11 is 0. The van der Waals surface area contributed by atoms with Gasteiger partial charge in [-0.3, -0.25) is 52.7 Å². The van der Waals surface area contributed by atoms with Gasteiger partial charge in [-0.05, 0) is 35.7 Å². The van der Waals surface area contributed by atoms with Crippen molar-refractivity contribution in [3.63, 3.8) is 0 Å². The molecule has 0 bridgehead atoms. The van der Waals surface area contributed by atoms with Crippen LogP contribution in [0.1, 0.15) is 49.7 Å². The number of benzene rings is 2. The van der Waals surface area contributed by atoms with Gasteiger partial charge in [-0.2, -0.15) is 0 Å². The molecule has 0 spiro atoms. The van der Waals surface area contributed by atoms with Crippen LogP contribution in [-0.4, -0.2) is 154 Å². The number of aromatic amines is 1. The second-order valence-corrected chi connectivity index (χ2v) is 15.1. The molecule has 3 aromatic rings. The molecule has 1 heterocycles. The number of phenols is 1. The summed E-state index contributed by atoms with van der Waals surface area (Å²) in [7, 11) is 0. The van der Waals surface area contributed by atoms with Gasteiger partial charge in [0.25, 0.3) is 0 Å². The molecule has 7 atom stereocenters. The largest absolute Gasteiger partial charge is 0.508 e. The van der Waals surface area contributed by atoms with Gasteiger partial charge in [-0.15, -0.1) is 0 Å². The lowest BCUT2D eigenvalue weighted by atomic mass is 10.0. The van der Waals surface area contributed by atoms with Crippen LogP contribution in [0, 0.1) is 0 Å². The van der Waals surface area contributed by atoms with Crippen LogP contribution in [0.4, 0.5) is 0 Å². The summed E-state index contributed by atoms with van der Waals surface area (Å²) in [5, 5.41) is 79.5. The van der Waals surface area contributed by atoms with Crippen LogP contribution in [0.3, 0.4) is 0 Å². The predicted octanol–water partition coefficient (Wildman–Crippen LogP) is -3.26. The van der Waals surface area contributed by atoms with E-state index in [0.717, 1.165) is 0 Å². The van der Waals surface area contributed by atoms with E-state index >= 15 is 0 Å². The number of rotatable bonds is 28. The van der Waals surface area contributed by atoms with Crippen LogP contribution in [0.25, 0.3) is 10.9 Å². The molecular weight excluding hydrogens is 908 g/mol. The fraction of sp³-hybridized carbons (Fsp3) is 0.366. The quantitative estimate of drug-likeness (QED) is 0.0340. The maximum absolute atomic E-state index is 13.9. The van der Waals surface area contributed by atoms with Crippen molar-refractivity contribution in [1.29, 1.82) is 0 Å².